The van der Waals surface area contributed by atoms with E-state index in [1.54, 1.807) is 0 Å². The van der Waals surface area contributed by atoms with Crippen molar-refractivity contribution in [1.29, 1.82) is 0 Å². The molecule has 0 spiro atoms. The predicted octanol–water partition coefficient (Wildman–Crippen LogP) is 10.2. The van der Waals surface area contributed by atoms with E-state index in [-0.39, 0.29) is 0 Å². The van der Waals surface area contributed by atoms with Gasteiger partial charge in [-0.15, -0.1) is 26.3 Å². The van der Waals surface area contributed by atoms with Crippen molar-refractivity contribution >= 4 is 0 Å². The van der Waals surface area contributed by atoms with Crippen molar-refractivity contribution in [2.24, 2.45) is 5.92 Å². The first-order chi connectivity index (χ1) is 15.3. The van der Waals surface area contributed by atoms with E-state index in [0.717, 1.165) is 12.0 Å². The van der Waals surface area contributed by atoms with E-state index < -0.39 is 0 Å². The largest absolute Gasteiger partial charge is 0.314 e. The van der Waals surface area contributed by atoms with Crippen LogP contribution in [0.5, 0.6) is 0 Å². The van der Waals surface area contributed by atoms with Crippen LogP contribution in [-0.2, 0) is 0 Å². The van der Waals surface area contributed by atoms with Crippen LogP contribution in [0.25, 0.3) is 0 Å². The fourth-order valence-electron chi connectivity index (χ4n) is 3.54. The summed E-state index contributed by atoms with van der Waals surface area (Å²) >= 11 is 0. The number of hydrogen-bond donors (Lipinski definition) is 1. The highest BCUT2D eigenvalue weighted by atomic mass is 14.9. The third-order valence-corrected chi connectivity index (χ3v) is 4.81. The van der Waals surface area contributed by atoms with Gasteiger partial charge in [-0.05, 0) is 31.7 Å². The Morgan fingerprint density at radius 1 is 0.548 bits per heavy atom. The zero-order valence-corrected chi connectivity index (χ0v) is 22.4. The van der Waals surface area contributed by atoms with Crippen molar-refractivity contribution in [1.82, 2.24) is 5.32 Å². The molecule has 1 rings (SSSR count). The molecule has 1 aromatic rings. The van der Waals surface area contributed by atoms with Gasteiger partial charge in [0.15, 0.2) is 0 Å². The van der Waals surface area contributed by atoms with E-state index in [9.17, 15) is 0 Å². The summed E-state index contributed by atoms with van der Waals surface area (Å²) in [4.78, 5) is 0. The van der Waals surface area contributed by atoms with Crippen LogP contribution in [0.3, 0.4) is 0 Å². The van der Waals surface area contributed by atoms with Crippen LogP contribution in [-0.4, -0.2) is 12.6 Å². The molecule has 0 saturated carbocycles. The molecule has 31 heavy (non-hydrogen) atoms. The predicted molar refractivity (Wildman–Crippen MR) is 149 cm³/mol. The summed E-state index contributed by atoms with van der Waals surface area (Å²) in [7, 11) is 0. The third kappa shape index (κ3) is 33.5. The van der Waals surface area contributed by atoms with Crippen LogP contribution in [0.2, 0.25) is 0 Å². The van der Waals surface area contributed by atoms with E-state index in [1.165, 1.54) is 77.2 Å². The van der Waals surface area contributed by atoms with E-state index in [1.807, 2.05) is 50.2 Å². The van der Waals surface area contributed by atoms with E-state index in [0.29, 0.717) is 0 Å². The van der Waals surface area contributed by atoms with Crippen molar-refractivity contribution in [3.63, 3.8) is 0 Å². The Hall–Kier alpha value is -1.34. The van der Waals surface area contributed by atoms with Gasteiger partial charge >= 0.3 is 0 Å². The zero-order valence-electron chi connectivity index (χ0n) is 22.4. The topological polar surface area (TPSA) is 12.0 Å². The molecule has 0 aliphatic rings. The van der Waals surface area contributed by atoms with Gasteiger partial charge < -0.3 is 5.32 Å². The molecule has 0 fully saturated rings. The number of nitrogens with one attached hydrogen (secondary N) is 1. The maximum atomic E-state index is 3.76. The Morgan fingerprint density at radius 3 is 1.23 bits per heavy atom. The average Bonchev–Trinajstić information content (AvgIpc) is 2.85. The highest BCUT2D eigenvalue weighted by Crippen LogP contribution is 2.20. The van der Waals surface area contributed by atoms with Gasteiger partial charge in [-0.3, -0.25) is 0 Å². The third-order valence-electron chi connectivity index (χ3n) is 4.81. The van der Waals surface area contributed by atoms with Crippen molar-refractivity contribution in [2.45, 2.75) is 118 Å². The molecule has 0 aliphatic carbocycles. The van der Waals surface area contributed by atoms with Crippen molar-refractivity contribution in [2.75, 3.05) is 6.54 Å². The van der Waals surface area contributed by atoms with Crippen molar-refractivity contribution in [3.8, 4) is 0 Å². The first-order valence-corrected chi connectivity index (χ1v) is 13.0. The summed E-state index contributed by atoms with van der Waals surface area (Å²) in [6.45, 7) is 26.5. The van der Waals surface area contributed by atoms with Crippen molar-refractivity contribution < 1.29 is 0 Å². The number of rotatable bonds is 14. The van der Waals surface area contributed by atoms with Gasteiger partial charge in [0.05, 0.1) is 0 Å². The SMILES string of the molecule is C=C.C=C.CC.CCCC(CCC)CCCCNC(CCC)CCC.c1ccccc1. The van der Waals surface area contributed by atoms with Gasteiger partial charge in [0.2, 0.25) is 0 Å². The maximum absolute atomic E-state index is 3.76. The molecule has 1 heteroatoms. The Bertz CT molecular complexity index is 303. The number of hydrogen-bond acceptors (Lipinski definition) is 1. The van der Waals surface area contributed by atoms with Gasteiger partial charge in [-0.1, -0.05) is 129 Å². The molecule has 0 bridgehead atoms. The second-order valence-corrected chi connectivity index (χ2v) is 7.32. The van der Waals surface area contributed by atoms with Crippen LogP contribution >= 0.6 is 0 Å². The lowest BCUT2D eigenvalue weighted by Crippen LogP contribution is -2.29. The zero-order chi connectivity index (χ0) is 24.6. The van der Waals surface area contributed by atoms with Crippen LogP contribution in [0.1, 0.15) is 112 Å². The highest BCUT2D eigenvalue weighted by Gasteiger charge is 2.07. The quantitative estimate of drug-likeness (QED) is 0.227. The monoisotopic (exact) mass is 433 g/mol. The molecule has 0 aromatic heterocycles. The Kier molecular flexibility index (Phi) is 46.8. The summed E-state index contributed by atoms with van der Waals surface area (Å²) in [5, 5.41) is 3.76. The molecule has 184 valence electrons. The number of benzene rings is 1. The van der Waals surface area contributed by atoms with Gasteiger partial charge in [-0.25, -0.2) is 0 Å². The molecule has 0 saturated heterocycles. The Labute approximate surface area is 198 Å². The van der Waals surface area contributed by atoms with Crippen LogP contribution in [0, 0.1) is 5.92 Å². The summed E-state index contributed by atoms with van der Waals surface area (Å²) in [6.07, 6.45) is 15.2. The lowest BCUT2D eigenvalue weighted by molar-refractivity contribution is 0.383. The molecule has 0 radical (unpaired) electrons. The molecule has 0 atom stereocenters. The number of unbranched alkanes of at least 4 members (excludes halogenated alkanes) is 1. The summed E-state index contributed by atoms with van der Waals surface area (Å²) in [5.41, 5.74) is 0. The summed E-state index contributed by atoms with van der Waals surface area (Å²) in [5.74, 6) is 0.997. The fourth-order valence-corrected chi connectivity index (χ4v) is 3.54. The lowest BCUT2D eigenvalue weighted by Gasteiger charge is -2.18. The van der Waals surface area contributed by atoms with Gasteiger partial charge in [0, 0.05) is 6.04 Å². The maximum Gasteiger partial charge on any atom is 0.00668 e. The summed E-state index contributed by atoms with van der Waals surface area (Å²) < 4.78 is 0. The molecule has 0 unspecified atom stereocenters. The Balaban J connectivity index is -0.000000249. The second kappa shape index (κ2) is 39.2. The molecule has 0 aliphatic heterocycles. The minimum absolute atomic E-state index is 0.775. The molecular weight excluding hydrogens is 374 g/mol. The van der Waals surface area contributed by atoms with E-state index in [2.05, 4.69) is 59.3 Å². The second-order valence-electron chi connectivity index (χ2n) is 7.32. The van der Waals surface area contributed by atoms with Crippen molar-refractivity contribution in [3.05, 3.63) is 62.7 Å². The molecule has 1 aromatic carbocycles. The molecule has 0 amide bonds. The fraction of sp³-hybridized carbons (Fsp3) is 0.667. The minimum Gasteiger partial charge on any atom is -0.314 e. The Morgan fingerprint density at radius 2 is 0.903 bits per heavy atom. The highest BCUT2D eigenvalue weighted by molar-refractivity contribution is 4.99. The molecule has 1 N–H and O–H groups in total. The van der Waals surface area contributed by atoms with Gasteiger partial charge in [0.1, 0.15) is 0 Å². The van der Waals surface area contributed by atoms with Crippen LogP contribution < -0.4 is 5.32 Å². The molecule has 1 nitrogen and oxygen atoms in total. The first kappa shape index (κ1) is 37.0. The normalized spacial score (nSPS) is 9.16. The summed E-state index contributed by atoms with van der Waals surface area (Å²) in [6, 6.07) is 12.8. The van der Waals surface area contributed by atoms with Gasteiger partial charge in [-0.2, -0.15) is 0 Å². The minimum atomic E-state index is 0.775. The standard InChI is InChI=1S/C18H39N.C6H6.C2H6.2C2H4/c1-5-11-17(12-6-2)15-9-10-16-19-18(13-7-3)14-8-4;1-2-4-6-5-3-1;3*1-2/h17-19H,5-16H2,1-4H3;1-6H;1-2H3;2*1-2H2. The molecular formula is C30H59N. The van der Waals surface area contributed by atoms with Crippen LogP contribution in [0.15, 0.2) is 62.7 Å². The lowest BCUT2D eigenvalue weighted by atomic mass is 9.92. The van der Waals surface area contributed by atoms with E-state index in [4.69, 9.17) is 0 Å². The smallest absolute Gasteiger partial charge is 0.00668 e. The van der Waals surface area contributed by atoms with E-state index >= 15 is 0 Å². The average molecular weight is 434 g/mol. The molecule has 0 heterocycles. The van der Waals surface area contributed by atoms with Gasteiger partial charge in [0.25, 0.3) is 0 Å². The van der Waals surface area contributed by atoms with Crippen LogP contribution in [0.4, 0.5) is 0 Å². The first-order valence-electron chi connectivity index (χ1n) is 13.0.